The van der Waals surface area contributed by atoms with Gasteiger partial charge in [0.2, 0.25) is 0 Å². The predicted octanol–water partition coefficient (Wildman–Crippen LogP) is 1.46. The smallest absolute Gasteiger partial charge is 0.0215 e. The summed E-state index contributed by atoms with van der Waals surface area (Å²) in [4.78, 5) is 2.56. The largest absolute Gasteiger partial charge is 0.329 e. The van der Waals surface area contributed by atoms with Crippen LogP contribution in [0.3, 0.4) is 0 Å². The monoisotopic (exact) mass is 170 g/mol. The average molecular weight is 170 g/mol. The highest BCUT2D eigenvalue weighted by molar-refractivity contribution is 4.77. The minimum absolute atomic E-state index is 0.632. The van der Waals surface area contributed by atoms with Crippen LogP contribution in [0.5, 0.6) is 0 Å². The number of hydrogen-bond donors (Lipinski definition) is 1. The van der Waals surface area contributed by atoms with Gasteiger partial charge in [0, 0.05) is 19.1 Å². The number of nitrogens with zero attached hydrogens (tertiary/aromatic N) is 1. The van der Waals surface area contributed by atoms with E-state index in [-0.39, 0.29) is 0 Å². The van der Waals surface area contributed by atoms with Crippen molar-refractivity contribution in [3.8, 4) is 0 Å². The summed E-state index contributed by atoms with van der Waals surface area (Å²) < 4.78 is 0. The van der Waals surface area contributed by atoms with E-state index in [2.05, 4.69) is 18.7 Å². The molecular formula is C10H22N2. The molecule has 0 aromatic heterocycles. The maximum atomic E-state index is 5.72. The van der Waals surface area contributed by atoms with Gasteiger partial charge in [0.1, 0.15) is 0 Å². The molecule has 72 valence electrons. The third kappa shape index (κ3) is 2.46. The molecule has 12 heavy (non-hydrogen) atoms. The fourth-order valence-electron chi connectivity index (χ4n) is 2.13. The second-order valence-electron chi connectivity index (χ2n) is 4.04. The van der Waals surface area contributed by atoms with E-state index < -0.39 is 0 Å². The highest BCUT2D eigenvalue weighted by Crippen LogP contribution is 2.18. The molecule has 0 aliphatic carbocycles. The Morgan fingerprint density at radius 1 is 1.58 bits per heavy atom. The zero-order valence-corrected chi connectivity index (χ0v) is 8.42. The van der Waals surface area contributed by atoms with E-state index in [1.165, 1.54) is 32.4 Å². The number of hydrogen-bond acceptors (Lipinski definition) is 2. The zero-order chi connectivity index (χ0) is 8.97. The standard InChI is InChI=1S/C10H22N2/c1-3-10(7-11)12-6-4-5-9(2)8-12/h9-10H,3-8,11H2,1-2H3. The van der Waals surface area contributed by atoms with Crippen LogP contribution in [-0.4, -0.2) is 30.6 Å². The van der Waals surface area contributed by atoms with Gasteiger partial charge in [-0.05, 0) is 31.7 Å². The summed E-state index contributed by atoms with van der Waals surface area (Å²) in [6.07, 6.45) is 3.96. The molecule has 1 heterocycles. The normalized spacial score (nSPS) is 28.8. The predicted molar refractivity (Wildman–Crippen MR) is 53.1 cm³/mol. The van der Waals surface area contributed by atoms with Crippen LogP contribution >= 0.6 is 0 Å². The first-order valence-corrected chi connectivity index (χ1v) is 5.22. The van der Waals surface area contributed by atoms with Crippen LogP contribution in [0, 0.1) is 5.92 Å². The Kier molecular flexibility index (Phi) is 4.02. The third-order valence-corrected chi connectivity index (χ3v) is 2.95. The van der Waals surface area contributed by atoms with E-state index in [0.717, 1.165) is 12.5 Å². The molecule has 2 nitrogen and oxygen atoms in total. The van der Waals surface area contributed by atoms with Gasteiger partial charge in [-0.25, -0.2) is 0 Å². The van der Waals surface area contributed by atoms with Crippen molar-refractivity contribution in [2.45, 2.75) is 39.2 Å². The van der Waals surface area contributed by atoms with Crippen molar-refractivity contribution in [2.75, 3.05) is 19.6 Å². The van der Waals surface area contributed by atoms with Crippen molar-refractivity contribution in [1.29, 1.82) is 0 Å². The summed E-state index contributed by atoms with van der Waals surface area (Å²) in [5.41, 5.74) is 5.72. The SMILES string of the molecule is CCC(CN)N1CCCC(C)C1. The molecule has 0 radical (unpaired) electrons. The summed E-state index contributed by atoms with van der Waals surface area (Å²) in [5, 5.41) is 0. The van der Waals surface area contributed by atoms with E-state index in [1.54, 1.807) is 0 Å². The van der Waals surface area contributed by atoms with Gasteiger partial charge in [0.25, 0.3) is 0 Å². The molecule has 1 saturated heterocycles. The van der Waals surface area contributed by atoms with Gasteiger partial charge < -0.3 is 5.73 Å². The van der Waals surface area contributed by atoms with Crippen molar-refractivity contribution >= 4 is 0 Å². The highest BCUT2D eigenvalue weighted by Gasteiger charge is 2.21. The van der Waals surface area contributed by atoms with E-state index in [0.29, 0.717) is 6.04 Å². The first kappa shape index (κ1) is 10.0. The van der Waals surface area contributed by atoms with Crippen molar-refractivity contribution < 1.29 is 0 Å². The molecule has 0 aromatic rings. The average Bonchev–Trinajstić information content (AvgIpc) is 2.07. The highest BCUT2D eigenvalue weighted by atomic mass is 15.2. The first-order chi connectivity index (χ1) is 5.77. The Balaban J connectivity index is 2.38. The van der Waals surface area contributed by atoms with Gasteiger partial charge in [0.05, 0.1) is 0 Å². The molecule has 1 rings (SSSR count). The molecular weight excluding hydrogens is 148 g/mol. The molecule has 1 aliphatic heterocycles. The summed E-state index contributed by atoms with van der Waals surface area (Å²) >= 11 is 0. The minimum atomic E-state index is 0.632. The summed E-state index contributed by atoms with van der Waals surface area (Å²) in [6, 6.07) is 0.632. The lowest BCUT2D eigenvalue weighted by Gasteiger charge is -2.36. The van der Waals surface area contributed by atoms with Crippen molar-refractivity contribution in [1.82, 2.24) is 4.90 Å². The maximum Gasteiger partial charge on any atom is 0.0215 e. The Morgan fingerprint density at radius 2 is 2.33 bits per heavy atom. The molecule has 2 heteroatoms. The van der Waals surface area contributed by atoms with Gasteiger partial charge >= 0.3 is 0 Å². The van der Waals surface area contributed by atoms with E-state index in [9.17, 15) is 0 Å². The van der Waals surface area contributed by atoms with Gasteiger partial charge in [0.15, 0.2) is 0 Å². The van der Waals surface area contributed by atoms with Crippen LogP contribution in [0.25, 0.3) is 0 Å². The lowest BCUT2D eigenvalue weighted by Crippen LogP contribution is -2.45. The molecule has 2 atom stereocenters. The number of piperidine rings is 1. The molecule has 1 aliphatic rings. The fourth-order valence-corrected chi connectivity index (χ4v) is 2.13. The number of nitrogens with two attached hydrogens (primary N) is 1. The Morgan fingerprint density at radius 3 is 2.83 bits per heavy atom. The Labute approximate surface area is 76.1 Å². The number of likely N-dealkylation sites (tertiary alicyclic amines) is 1. The molecule has 0 saturated carbocycles. The molecule has 0 aromatic carbocycles. The molecule has 2 N–H and O–H groups in total. The quantitative estimate of drug-likeness (QED) is 0.694. The lowest BCUT2D eigenvalue weighted by atomic mass is 9.98. The zero-order valence-electron chi connectivity index (χ0n) is 8.42. The lowest BCUT2D eigenvalue weighted by molar-refractivity contribution is 0.130. The second-order valence-corrected chi connectivity index (χ2v) is 4.04. The fraction of sp³-hybridized carbons (Fsp3) is 1.00. The topological polar surface area (TPSA) is 29.3 Å². The van der Waals surface area contributed by atoms with Crippen molar-refractivity contribution in [2.24, 2.45) is 11.7 Å². The van der Waals surface area contributed by atoms with Gasteiger partial charge in [-0.2, -0.15) is 0 Å². The van der Waals surface area contributed by atoms with E-state index >= 15 is 0 Å². The van der Waals surface area contributed by atoms with Crippen molar-refractivity contribution in [3.05, 3.63) is 0 Å². The van der Waals surface area contributed by atoms with Gasteiger partial charge in [-0.3, -0.25) is 4.90 Å². The van der Waals surface area contributed by atoms with E-state index in [4.69, 9.17) is 5.73 Å². The van der Waals surface area contributed by atoms with E-state index in [1.807, 2.05) is 0 Å². The van der Waals surface area contributed by atoms with Crippen LogP contribution in [-0.2, 0) is 0 Å². The summed E-state index contributed by atoms with van der Waals surface area (Å²) in [7, 11) is 0. The number of rotatable bonds is 3. The molecule has 1 fully saturated rings. The van der Waals surface area contributed by atoms with Crippen LogP contribution in [0.4, 0.5) is 0 Å². The molecule has 0 amide bonds. The van der Waals surface area contributed by atoms with Gasteiger partial charge in [-0.15, -0.1) is 0 Å². The van der Waals surface area contributed by atoms with Crippen LogP contribution in [0.15, 0.2) is 0 Å². The third-order valence-electron chi connectivity index (χ3n) is 2.95. The van der Waals surface area contributed by atoms with Crippen molar-refractivity contribution in [3.63, 3.8) is 0 Å². The summed E-state index contributed by atoms with van der Waals surface area (Å²) in [5.74, 6) is 0.874. The molecule has 2 unspecified atom stereocenters. The minimum Gasteiger partial charge on any atom is -0.329 e. The van der Waals surface area contributed by atoms with Crippen LogP contribution in [0.1, 0.15) is 33.1 Å². The Hall–Kier alpha value is -0.0800. The maximum absolute atomic E-state index is 5.72. The second kappa shape index (κ2) is 4.83. The molecule has 0 bridgehead atoms. The van der Waals surface area contributed by atoms with Gasteiger partial charge in [-0.1, -0.05) is 13.8 Å². The first-order valence-electron chi connectivity index (χ1n) is 5.22. The van der Waals surface area contributed by atoms with Crippen LogP contribution < -0.4 is 5.73 Å². The summed E-state index contributed by atoms with van der Waals surface area (Å²) in [6.45, 7) is 7.92. The Bertz CT molecular complexity index is 121. The van der Waals surface area contributed by atoms with Crippen LogP contribution in [0.2, 0.25) is 0 Å². The molecule has 0 spiro atoms.